The molecule has 0 spiro atoms. The van der Waals surface area contributed by atoms with Gasteiger partial charge >= 0.3 is 5.97 Å². The second-order valence-corrected chi connectivity index (χ2v) is 5.71. The molecular formula is C16H24O3. The SMILES string of the molecule is CC(C)(CCCCCC(O)c1ccccc1)C(=O)O. The predicted molar refractivity (Wildman–Crippen MR) is 75.9 cm³/mol. The number of rotatable bonds is 8. The van der Waals surface area contributed by atoms with Gasteiger partial charge in [0.2, 0.25) is 0 Å². The minimum atomic E-state index is -0.739. The van der Waals surface area contributed by atoms with E-state index in [0.717, 1.165) is 31.2 Å². The van der Waals surface area contributed by atoms with E-state index in [1.165, 1.54) is 0 Å². The number of aliphatic carboxylic acids is 1. The van der Waals surface area contributed by atoms with E-state index < -0.39 is 17.5 Å². The van der Waals surface area contributed by atoms with Crippen LogP contribution < -0.4 is 0 Å². The van der Waals surface area contributed by atoms with Gasteiger partial charge < -0.3 is 10.2 Å². The van der Waals surface area contributed by atoms with Gasteiger partial charge in [-0.1, -0.05) is 49.6 Å². The Morgan fingerprint density at radius 3 is 2.37 bits per heavy atom. The first-order chi connectivity index (χ1) is 8.93. The molecular weight excluding hydrogens is 240 g/mol. The van der Waals surface area contributed by atoms with E-state index in [0.29, 0.717) is 6.42 Å². The fraction of sp³-hybridized carbons (Fsp3) is 0.562. The third-order valence-electron chi connectivity index (χ3n) is 3.54. The zero-order chi connectivity index (χ0) is 14.3. The fourth-order valence-electron chi connectivity index (χ4n) is 2.03. The number of benzene rings is 1. The molecule has 0 amide bonds. The summed E-state index contributed by atoms with van der Waals surface area (Å²) in [4.78, 5) is 10.9. The van der Waals surface area contributed by atoms with Crippen LogP contribution in [-0.4, -0.2) is 16.2 Å². The Labute approximate surface area is 115 Å². The van der Waals surface area contributed by atoms with Crippen LogP contribution in [0.3, 0.4) is 0 Å². The Kier molecular flexibility index (Phi) is 6.03. The molecule has 1 aromatic rings. The zero-order valence-electron chi connectivity index (χ0n) is 11.8. The van der Waals surface area contributed by atoms with Crippen LogP contribution in [0.1, 0.15) is 57.6 Å². The molecule has 0 heterocycles. The Bertz CT molecular complexity index is 384. The topological polar surface area (TPSA) is 57.5 Å². The van der Waals surface area contributed by atoms with Gasteiger partial charge in [-0.2, -0.15) is 0 Å². The van der Waals surface area contributed by atoms with Gasteiger partial charge in [-0.15, -0.1) is 0 Å². The summed E-state index contributed by atoms with van der Waals surface area (Å²) in [7, 11) is 0. The van der Waals surface area contributed by atoms with Gasteiger partial charge in [-0.05, 0) is 32.3 Å². The van der Waals surface area contributed by atoms with E-state index in [1.54, 1.807) is 13.8 Å². The summed E-state index contributed by atoms with van der Waals surface area (Å²) >= 11 is 0. The monoisotopic (exact) mass is 264 g/mol. The lowest BCUT2D eigenvalue weighted by Crippen LogP contribution is -2.23. The maximum Gasteiger partial charge on any atom is 0.309 e. The van der Waals surface area contributed by atoms with Crippen LogP contribution in [0, 0.1) is 5.41 Å². The first kappa shape index (κ1) is 15.7. The summed E-state index contributed by atoms with van der Waals surface area (Å²) in [6, 6.07) is 9.64. The van der Waals surface area contributed by atoms with Crippen molar-refractivity contribution < 1.29 is 15.0 Å². The molecule has 1 unspecified atom stereocenters. The van der Waals surface area contributed by atoms with E-state index in [-0.39, 0.29) is 0 Å². The molecule has 0 aromatic heterocycles. The lowest BCUT2D eigenvalue weighted by molar-refractivity contribution is -0.147. The van der Waals surface area contributed by atoms with Crippen molar-refractivity contribution in [3.63, 3.8) is 0 Å². The van der Waals surface area contributed by atoms with Gasteiger partial charge in [0.1, 0.15) is 0 Å². The van der Waals surface area contributed by atoms with E-state index in [4.69, 9.17) is 5.11 Å². The van der Waals surface area contributed by atoms with Crippen LogP contribution in [0.15, 0.2) is 30.3 Å². The zero-order valence-corrected chi connectivity index (χ0v) is 11.8. The fourth-order valence-corrected chi connectivity index (χ4v) is 2.03. The standard InChI is InChI=1S/C16H24O3/c1-16(2,15(18)19)12-8-4-7-11-14(17)13-9-5-3-6-10-13/h3,5-6,9-10,14,17H,4,7-8,11-12H2,1-2H3,(H,18,19). The number of unbranched alkanes of at least 4 members (excludes halogenated alkanes) is 2. The average Bonchev–Trinajstić information content (AvgIpc) is 2.38. The number of hydrogen-bond donors (Lipinski definition) is 2. The van der Waals surface area contributed by atoms with Crippen molar-refractivity contribution in [1.29, 1.82) is 0 Å². The molecule has 0 aliphatic carbocycles. The Balaban J connectivity index is 2.20. The Morgan fingerprint density at radius 2 is 1.79 bits per heavy atom. The third-order valence-corrected chi connectivity index (χ3v) is 3.54. The highest BCUT2D eigenvalue weighted by Crippen LogP contribution is 2.25. The summed E-state index contributed by atoms with van der Waals surface area (Å²) in [5, 5.41) is 19.0. The smallest absolute Gasteiger partial charge is 0.309 e. The molecule has 3 nitrogen and oxygen atoms in total. The van der Waals surface area contributed by atoms with Gasteiger partial charge in [0.25, 0.3) is 0 Å². The van der Waals surface area contributed by atoms with E-state index in [2.05, 4.69) is 0 Å². The van der Waals surface area contributed by atoms with E-state index in [1.807, 2.05) is 30.3 Å². The van der Waals surface area contributed by atoms with Crippen molar-refractivity contribution in [2.75, 3.05) is 0 Å². The summed E-state index contributed by atoms with van der Waals surface area (Å²) < 4.78 is 0. The van der Waals surface area contributed by atoms with Crippen molar-refractivity contribution in [3.8, 4) is 0 Å². The van der Waals surface area contributed by atoms with E-state index >= 15 is 0 Å². The number of carbonyl (C=O) groups is 1. The van der Waals surface area contributed by atoms with Crippen LogP contribution >= 0.6 is 0 Å². The summed E-state index contributed by atoms with van der Waals surface area (Å²) in [6.07, 6.45) is 3.78. The number of aliphatic hydroxyl groups excluding tert-OH is 1. The molecule has 1 atom stereocenters. The molecule has 19 heavy (non-hydrogen) atoms. The first-order valence-electron chi connectivity index (χ1n) is 6.90. The molecule has 0 radical (unpaired) electrons. The van der Waals surface area contributed by atoms with Crippen LogP contribution in [0.25, 0.3) is 0 Å². The highest BCUT2D eigenvalue weighted by Gasteiger charge is 2.25. The van der Waals surface area contributed by atoms with Crippen molar-refractivity contribution in [3.05, 3.63) is 35.9 Å². The van der Waals surface area contributed by atoms with Gasteiger partial charge in [0.05, 0.1) is 11.5 Å². The van der Waals surface area contributed by atoms with Crippen LogP contribution in [0.4, 0.5) is 0 Å². The van der Waals surface area contributed by atoms with E-state index in [9.17, 15) is 9.90 Å². The Morgan fingerprint density at radius 1 is 1.16 bits per heavy atom. The number of carboxylic acids is 1. The van der Waals surface area contributed by atoms with Crippen molar-refractivity contribution in [2.24, 2.45) is 5.41 Å². The molecule has 2 N–H and O–H groups in total. The second-order valence-electron chi connectivity index (χ2n) is 5.71. The van der Waals surface area contributed by atoms with Crippen molar-refractivity contribution >= 4 is 5.97 Å². The largest absolute Gasteiger partial charge is 0.481 e. The van der Waals surface area contributed by atoms with Gasteiger partial charge in [-0.3, -0.25) is 4.79 Å². The molecule has 0 bridgehead atoms. The molecule has 0 aliphatic rings. The molecule has 3 heteroatoms. The summed E-state index contributed by atoms with van der Waals surface area (Å²) in [6.45, 7) is 3.52. The van der Waals surface area contributed by atoms with Gasteiger partial charge in [0, 0.05) is 0 Å². The third kappa shape index (κ3) is 5.43. The molecule has 1 rings (SSSR count). The van der Waals surface area contributed by atoms with Crippen LogP contribution in [0.5, 0.6) is 0 Å². The average molecular weight is 264 g/mol. The Hall–Kier alpha value is -1.35. The van der Waals surface area contributed by atoms with Gasteiger partial charge in [0.15, 0.2) is 0 Å². The van der Waals surface area contributed by atoms with Crippen molar-refractivity contribution in [2.45, 2.75) is 52.1 Å². The lowest BCUT2D eigenvalue weighted by Gasteiger charge is -2.18. The molecule has 0 fully saturated rings. The summed E-state index contributed by atoms with van der Waals surface area (Å²) in [5.41, 5.74) is 0.311. The molecule has 0 aliphatic heterocycles. The minimum absolute atomic E-state index is 0.409. The quantitative estimate of drug-likeness (QED) is 0.702. The normalized spacial score (nSPS) is 13.2. The summed E-state index contributed by atoms with van der Waals surface area (Å²) in [5.74, 6) is -0.739. The van der Waals surface area contributed by atoms with Crippen molar-refractivity contribution in [1.82, 2.24) is 0 Å². The maximum absolute atomic E-state index is 10.9. The second kappa shape index (κ2) is 7.29. The molecule has 0 saturated heterocycles. The molecule has 106 valence electrons. The van der Waals surface area contributed by atoms with Crippen LogP contribution in [0.2, 0.25) is 0 Å². The molecule has 1 aromatic carbocycles. The van der Waals surface area contributed by atoms with Gasteiger partial charge in [-0.25, -0.2) is 0 Å². The molecule has 0 saturated carbocycles. The maximum atomic E-state index is 10.9. The number of hydrogen-bond acceptors (Lipinski definition) is 2. The highest BCUT2D eigenvalue weighted by molar-refractivity contribution is 5.73. The lowest BCUT2D eigenvalue weighted by atomic mass is 9.87. The first-order valence-corrected chi connectivity index (χ1v) is 6.90. The van der Waals surface area contributed by atoms with Crippen LogP contribution in [-0.2, 0) is 4.79 Å². The predicted octanol–water partition coefficient (Wildman–Crippen LogP) is 3.78. The number of aliphatic hydroxyl groups is 1. The highest BCUT2D eigenvalue weighted by atomic mass is 16.4. The number of carboxylic acid groups (broad SMARTS) is 1. The minimum Gasteiger partial charge on any atom is -0.481 e.